The minimum absolute atomic E-state index is 0.497. The van der Waals surface area contributed by atoms with Crippen LogP contribution in [0.1, 0.15) is 64.5 Å². The molecular formula is C18H31NO. The Hall–Kier alpha value is -1.02. The first-order valence-electron chi connectivity index (χ1n) is 7.99. The number of ether oxygens (including phenoxy) is 1. The Kier molecular flexibility index (Phi) is 7.08. The topological polar surface area (TPSA) is 12.5 Å². The summed E-state index contributed by atoms with van der Waals surface area (Å²) in [6.07, 6.45) is 0. The van der Waals surface area contributed by atoms with Gasteiger partial charge in [0.1, 0.15) is 12.4 Å². The molecule has 0 aliphatic rings. The van der Waals surface area contributed by atoms with Crippen molar-refractivity contribution in [3.8, 4) is 5.75 Å². The van der Waals surface area contributed by atoms with Gasteiger partial charge in [-0.25, -0.2) is 0 Å². The molecule has 0 aromatic heterocycles. The molecule has 0 heterocycles. The van der Waals surface area contributed by atoms with Crippen LogP contribution in [-0.4, -0.2) is 31.1 Å². The van der Waals surface area contributed by atoms with Crippen LogP contribution in [0.3, 0.4) is 0 Å². The van der Waals surface area contributed by atoms with Gasteiger partial charge in [-0.15, -0.1) is 0 Å². The van der Waals surface area contributed by atoms with Gasteiger partial charge in [-0.1, -0.05) is 59.7 Å². The van der Waals surface area contributed by atoms with Crippen LogP contribution in [0, 0.1) is 0 Å². The third-order valence-electron chi connectivity index (χ3n) is 3.87. The minimum atomic E-state index is 0.497. The lowest BCUT2D eigenvalue weighted by atomic mass is 9.94. The summed E-state index contributed by atoms with van der Waals surface area (Å²) in [6, 6.07) is 6.55. The van der Waals surface area contributed by atoms with Crippen LogP contribution < -0.4 is 4.74 Å². The number of benzene rings is 1. The standard InChI is InChI=1S/C18H31NO/c1-7-19(8-2)12-13-20-18-16(14(3)4)10-9-11-17(18)15(5)6/h9-11,14-15H,7-8,12-13H2,1-6H3. The summed E-state index contributed by atoms with van der Waals surface area (Å²) in [4.78, 5) is 2.40. The summed E-state index contributed by atoms with van der Waals surface area (Å²) in [5, 5.41) is 0. The molecule has 0 amide bonds. The van der Waals surface area contributed by atoms with Gasteiger partial charge in [0.05, 0.1) is 0 Å². The Morgan fingerprint density at radius 3 is 1.85 bits per heavy atom. The first kappa shape index (κ1) is 17.0. The van der Waals surface area contributed by atoms with Crippen LogP contribution in [0.4, 0.5) is 0 Å². The van der Waals surface area contributed by atoms with E-state index >= 15 is 0 Å². The molecule has 0 aliphatic carbocycles. The van der Waals surface area contributed by atoms with Gasteiger partial charge in [-0.05, 0) is 36.1 Å². The third kappa shape index (κ3) is 4.52. The van der Waals surface area contributed by atoms with E-state index in [-0.39, 0.29) is 0 Å². The predicted octanol–water partition coefficient (Wildman–Crippen LogP) is 4.65. The van der Waals surface area contributed by atoms with Gasteiger partial charge in [0.25, 0.3) is 0 Å². The van der Waals surface area contributed by atoms with Gasteiger partial charge in [0.2, 0.25) is 0 Å². The first-order valence-corrected chi connectivity index (χ1v) is 7.99. The fraction of sp³-hybridized carbons (Fsp3) is 0.667. The molecule has 0 saturated carbocycles. The summed E-state index contributed by atoms with van der Waals surface area (Å²) < 4.78 is 6.18. The molecule has 0 unspecified atom stereocenters. The zero-order valence-corrected chi connectivity index (χ0v) is 14.1. The molecule has 20 heavy (non-hydrogen) atoms. The number of likely N-dealkylation sites (N-methyl/N-ethyl adjacent to an activating group) is 1. The molecule has 0 bridgehead atoms. The van der Waals surface area contributed by atoms with Crippen LogP contribution in [0.5, 0.6) is 5.75 Å². The van der Waals surface area contributed by atoms with E-state index in [1.807, 2.05) is 0 Å². The largest absolute Gasteiger partial charge is 0.492 e. The molecule has 1 rings (SSSR count). The van der Waals surface area contributed by atoms with E-state index in [0.717, 1.165) is 32.0 Å². The van der Waals surface area contributed by atoms with E-state index in [2.05, 4.69) is 64.6 Å². The average Bonchev–Trinajstić information content (AvgIpc) is 2.43. The second-order valence-electron chi connectivity index (χ2n) is 5.95. The Labute approximate surface area is 125 Å². The van der Waals surface area contributed by atoms with Gasteiger partial charge in [-0.3, -0.25) is 0 Å². The lowest BCUT2D eigenvalue weighted by molar-refractivity contribution is 0.219. The second kappa shape index (κ2) is 8.31. The molecular weight excluding hydrogens is 246 g/mol. The number of nitrogens with zero attached hydrogens (tertiary/aromatic N) is 1. The molecule has 0 fully saturated rings. The Morgan fingerprint density at radius 2 is 1.45 bits per heavy atom. The zero-order valence-electron chi connectivity index (χ0n) is 14.1. The van der Waals surface area contributed by atoms with E-state index in [1.54, 1.807) is 0 Å². The highest BCUT2D eigenvalue weighted by atomic mass is 16.5. The minimum Gasteiger partial charge on any atom is -0.492 e. The molecule has 0 atom stereocenters. The van der Waals surface area contributed by atoms with Crippen molar-refractivity contribution in [2.75, 3.05) is 26.2 Å². The van der Waals surface area contributed by atoms with Gasteiger partial charge in [0, 0.05) is 6.54 Å². The molecule has 0 N–H and O–H groups in total. The summed E-state index contributed by atoms with van der Waals surface area (Å²) in [6.45, 7) is 17.3. The molecule has 1 aromatic rings. The predicted molar refractivity (Wildman–Crippen MR) is 87.9 cm³/mol. The van der Waals surface area contributed by atoms with Crippen LogP contribution in [-0.2, 0) is 0 Å². The van der Waals surface area contributed by atoms with Crippen molar-refractivity contribution in [3.05, 3.63) is 29.3 Å². The molecule has 2 heteroatoms. The van der Waals surface area contributed by atoms with Crippen molar-refractivity contribution in [3.63, 3.8) is 0 Å². The maximum absolute atomic E-state index is 6.18. The monoisotopic (exact) mass is 277 g/mol. The highest BCUT2D eigenvalue weighted by Crippen LogP contribution is 2.34. The summed E-state index contributed by atoms with van der Waals surface area (Å²) >= 11 is 0. The van der Waals surface area contributed by atoms with Crippen LogP contribution in [0.2, 0.25) is 0 Å². The van der Waals surface area contributed by atoms with Gasteiger partial charge >= 0.3 is 0 Å². The van der Waals surface area contributed by atoms with Crippen molar-refractivity contribution in [1.82, 2.24) is 4.90 Å². The average molecular weight is 277 g/mol. The highest BCUT2D eigenvalue weighted by Gasteiger charge is 2.15. The summed E-state index contributed by atoms with van der Waals surface area (Å²) in [5.41, 5.74) is 2.66. The molecule has 114 valence electrons. The Balaban J connectivity index is 2.85. The van der Waals surface area contributed by atoms with Crippen LogP contribution >= 0.6 is 0 Å². The molecule has 0 spiro atoms. The van der Waals surface area contributed by atoms with E-state index in [9.17, 15) is 0 Å². The highest BCUT2D eigenvalue weighted by molar-refractivity contribution is 5.44. The summed E-state index contributed by atoms with van der Waals surface area (Å²) in [7, 11) is 0. The maximum Gasteiger partial charge on any atom is 0.126 e. The number of hydrogen-bond acceptors (Lipinski definition) is 2. The lowest BCUT2D eigenvalue weighted by Gasteiger charge is -2.22. The molecule has 0 radical (unpaired) electrons. The molecule has 0 saturated heterocycles. The van der Waals surface area contributed by atoms with Crippen LogP contribution in [0.25, 0.3) is 0 Å². The molecule has 1 aromatic carbocycles. The second-order valence-corrected chi connectivity index (χ2v) is 5.95. The van der Waals surface area contributed by atoms with Gasteiger partial charge < -0.3 is 9.64 Å². The van der Waals surface area contributed by atoms with E-state index in [4.69, 9.17) is 4.74 Å². The molecule has 2 nitrogen and oxygen atoms in total. The smallest absolute Gasteiger partial charge is 0.126 e. The quantitative estimate of drug-likeness (QED) is 0.685. The Bertz CT molecular complexity index is 368. The molecule has 0 aliphatic heterocycles. The van der Waals surface area contributed by atoms with Gasteiger partial charge in [-0.2, -0.15) is 0 Å². The number of para-hydroxylation sites is 1. The number of rotatable bonds is 8. The van der Waals surface area contributed by atoms with Crippen molar-refractivity contribution >= 4 is 0 Å². The van der Waals surface area contributed by atoms with E-state index < -0.39 is 0 Å². The third-order valence-corrected chi connectivity index (χ3v) is 3.87. The first-order chi connectivity index (χ1) is 9.51. The van der Waals surface area contributed by atoms with Crippen molar-refractivity contribution in [2.45, 2.75) is 53.4 Å². The van der Waals surface area contributed by atoms with E-state index in [1.165, 1.54) is 11.1 Å². The zero-order chi connectivity index (χ0) is 15.1. The SMILES string of the molecule is CCN(CC)CCOc1c(C(C)C)cccc1C(C)C. The van der Waals surface area contributed by atoms with E-state index in [0.29, 0.717) is 11.8 Å². The fourth-order valence-corrected chi connectivity index (χ4v) is 2.47. The van der Waals surface area contributed by atoms with Gasteiger partial charge in [0.15, 0.2) is 0 Å². The van der Waals surface area contributed by atoms with Crippen molar-refractivity contribution < 1.29 is 4.74 Å². The maximum atomic E-state index is 6.18. The van der Waals surface area contributed by atoms with Crippen molar-refractivity contribution in [2.24, 2.45) is 0 Å². The fourth-order valence-electron chi connectivity index (χ4n) is 2.47. The Morgan fingerprint density at radius 1 is 0.950 bits per heavy atom. The van der Waals surface area contributed by atoms with Crippen LogP contribution in [0.15, 0.2) is 18.2 Å². The van der Waals surface area contributed by atoms with Crippen molar-refractivity contribution in [1.29, 1.82) is 0 Å². The number of hydrogen-bond donors (Lipinski definition) is 0. The summed E-state index contributed by atoms with van der Waals surface area (Å²) in [5.74, 6) is 2.11. The normalized spacial score (nSPS) is 11.7. The lowest BCUT2D eigenvalue weighted by Crippen LogP contribution is -2.28.